The molecule has 0 saturated carbocycles. The van der Waals surface area contributed by atoms with Gasteiger partial charge in [0, 0.05) is 10.0 Å². The Kier molecular flexibility index (Phi) is 3.31. The van der Waals surface area contributed by atoms with Gasteiger partial charge in [0.2, 0.25) is 0 Å². The second-order valence-corrected chi connectivity index (χ2v) is 4.22. The summed E-state index contributed by atoms with van der Waals surface area (Å²) in [4.78, 5) is 0. The molecule has 16 heavy (non-hydrogen) atoms. The molecule has 0 bridgehead atoms. The van der Waals surface area contributed by atoms with Gasteiger partial charge in [-0.15, -0.1) is 5.10 Å². The van der Waals surface area contributed by atoms with Crippen molar-refractivity contribution in [2.45, 2.75) is 13.2 Å². The molecule has 1 N–H and O–H groups in total. The van der Waals surface area contributed by atoms with E-state index in [0.717, 1.165) is 0 Å². The Balaban J connectivity index is 2.20. The highest BCUT2D eigenvalue weighted by atomic mass is 79.9. The van der Waals surface area contributed by atoms with Crippen LogP contribution in [0.25, 0.3) is 0 Å². The fourth-order valence-electron chi connectivity index (χ4n) is 1.31. The summed E-state index contributed by atoms with van der Waals surface area (Å²) >= 11 is 3.19. The zero-order chi connectivity index (χ0) is 11.5. The maximum absolute atomic E-state index is 13.5. The van der Waals surface area contributed by atoms with E-state index in [4.69, 9.17) is 5.11 Å². The third-order valence-electron chi connectivity index (χ3n) is 2.10. The lowest BCUT2D eigenvalue weighted by atomic mass is 10.2. The molecular weight excluding hydrogens is 277 g/mol. The fraction of sp³-hybridized carbons (Fsp3) is 0.200. The SMILES string of the molecule is OCc1cn(Cc2ccc(Br)cc2F)nn1. The van der Waals surface area contributed by atoms with E-state index in [0.29, 0.717) is 22.3 Å². The minimum absolute atomic E-state index is 0.164. The number of aliphatic hydroxyl groups is 1. The highest BCUT2D eigenvalue weighted by Crippen LogP contribution is 2.15. The summed E-state index contributed by atoms with van der Waals surface area (Å²) in [5.74, 6) is -0.296. The summed E-state index contributed by atoms with van der Waals surface area (Å²) in [5, 5.41) is 16.3. The van der Waals surface area contributed by atoms with E-state index >= 15 is 0 Å². The maximum atomic E-state index is 13.5. The van der Waals surface area contributed by atoms with E-state index < -0.39 is 0 Å². The number of nitrogens with zero attached hydrogens (tertiary/aromatic N) is 3. The topological polar surface area (TPSA) is 50.9 Å². The molecule has 0 unspecified atom stereocenters. The van der Waals surface area contributed by atoms with Crippen LogP contribution in [0.15, 0.2) is 28.9 Å². The van der Waals surface area contributed by atoms with E-state index in [2.05, 4.69) is 26.2 Å². The Labute approximate surface area is 99.8 Å². The molecule has 1 aromatic heterocycles. The molecule has 2 aromatic rings. The zero-order valence-electron chi connectivity index (χ0n) is 8.27. The van der Waals surface area contributed by atoms with Gasteiger partial charge in [-0.25, -0.2) is 9.07 Å². The summed E-state index contributed by atoms with van der Waals surface area (Å²) in [6.07, 6.45) is 1.58. The average molecular weight is 286 g/mol. The predicted molar refractivity (Wildman–Crippen MR) is 59.1 cm³/mol. The molecule has 0 aliphatic heterocycles. The van der Waals surface area contributed by atoms with E-state index in [-0.39, 0.29) is 12.4 Å². The molecule has 2 rings (SSSR count). The molecule has 4 nitrogen and oxygen atoms in total. The first-order valence-corrected chi connectivity index (χ1v) is 5.42. The van der Waals surface area contributed by atoms with Crippen molar-refractivity contribution in [3.8, 4) is 0 Å². The molecule has 0 aliphatic rings. The van der Waals surface area contributed by atoms with Crippen LogP contribution in [0.2, 0.25) is 0 Å². The third kappa shape index (κ3) is 2.45. The molecule has 0 atom stereocenters. The monoisotopic (exact) mass is 285 g/mol. The van der Waals surface area contributed by atoms with Crippen LogP contribution in [0.5, 0.6) is 0 Å². The number of halogens is 2. The van der Waals surface area contributed by atoms with Gasteiger partial charge in [0.1, 0.15) is 11.5 Å². The molecule has 0 aliphatic carbocycles. The van der Waals surface area contributed by atoms with Gasteiger partial charge in [0.05, 0.1) is 19.3 Å². The largest absolute Gasteiger partial charge is 0.390 e. The Morgan fingerprint density at radius 1 is 1.44 bits per heavy atom. The van der Waals surface area contributed by atoms with Crippen LogP contribution in [0.4, 0.5) is 4.39 Å². The van der Waals surface area contributed by atoms with Gasteiger partial charge in [0.25, 0.3) is 0 Å². The van der Waals surface area contributed by atoms with E-state index in [9.17, 15) is 4.39 Å². The number of rotatable bonds is 3. The Morgan fingerprint density at radius 3 is 2.88 bits per heavy atom. The number of hydrogen-bond acceptors (Lipinski definition) is 3. The van der Waals surface area contributed by atoms with Crippen molar-refractivity contribution in [2.24, 2.45) is 0 Å². The zero-order valence-corrected chi connectivity index (χ0v) is 9.85. The normalized spacial score (nSPS) is 10.7. The van der Waals surface area contributed by atoms with Crippen LogP contribution in [-0.2, 0) is 13.2 Å². The van der Waals surface area contributed by atoms with Gasteiger partial charge in [-0.2, -0.15) is 0 Å². The van der Waals surface area contributed by atoms with Gasteiger partial charge in [-0.1, -0.05) is 27.2 Å². The lowest BCUT2D eigenvalue weighted by Crippen LogP contribution is -2.02. The standard InChI is InChI=1S/C10H9BrFN3O/c11-8-2-1-7(10(12)3-8)4-15-5-9(6-16)13-14-15/h1-3,5,16H,4,6H2. The van der Waals surface area contributed by atoms with Crippen LogP contribution in [0, 0.1) is 5.82 Å². The van der Waals surface area contributed by atoms with Crippen LogP contribution in [0.1, 0.15) is 11.3 Å². The molecule has 1 heterocycles. The molecule has 0 amide bonds. The molecule has 0 spiro atoms. The highest BCUT2D eigenvalue weighted by Gasteiger charge is 2.05. The summed E-state index contributed by atoms with van der Waals surface area (Å²) in [7, 11) is 0. The van der Waals surface area contributed by atoms with Crippen molar-refractivity contribution < 1.29 is 9.50 Å². The first-order valence-electron chi connectivity index (χ1n) is 4.63. The average Bonchev–Trinajstić information content (AvgIpc) is 2.70. The van der Waals surface area contributed by atoms with Crippen molar-refractivity contribution >= 4 is 15.9 Å². The van der Waals surface area contributed by atoms with Crippen molar-refractivity contribution in [1.82, 2.24) is 15.0 Å². The number of aromatic nitrogens is 3. The van der Waals surface area contributed by atoms with Crippen molar-refractivity contribution in [3.05, 3.63) is 45.9 Å². The highest BCUT2D eigenvalue weighted by molar-refractivity contribution is 9.10. The van der Waals surface area contributed by atoms with Crippen LogP contribution < -0.4 is 0 Å². The van der Waals surface area contributed by atoms with Gasteiger partial charge >= 0.3 is 0 Å². The summed E-state index contributed by atoms with van der Waals surface area (Å²) in [6.45, 7) is 0.134. The van der Waals surface area contributed by atoms with Gasteiger partial charge in [0.15, 0.2) is 0 Å². The molecular formula is C10H9BrFN3O. The summed E-state index contributed by atoms with van der Waals surface area (Å²) in [5.41, 5.74) is 0.995. The quantitative estimate of drug-likeness (QED) is 0.934. The predicted octanol–water partition coefficient (Wildman–Crippen LogP) is 1.72. The maximum Gasteiger partial charge on any atom is 0.129 e. The van der Waals surface area contributed by atoms with Gasteiger partial charge in [-0.3, -0.25) is 0 Å². The minimum atomic E-state index is -0.296. The number of hydrogen-bond donors (Lipinski definition) is 1. The molecule has 84 valence electrons. The molecule has 0 fully saturated rings. The summed E-state index contributed by atoms with van der Waals surface area (Å²) < 4.78 is 15.7. The summed E-state index contributed by atoms with van der Waals surface area (Å²) in [6, 6.07) is 4.85. The molecule has 1 aromatic carbocycles. The lowest BCUT2D eigenvalue weighted by molar-refractivity contribution is 0.276. The van der Waals surface area contributed by atoms with Crippen LogP contribution in [-0.4, -0.2) is 20.1 Å². The fourth-order valence-corrected chi connectivity index (χ4v) is 1.65. The molecule has 0 saturated heterocycles. The van der Waals surface area contributed by atoms with Gasteiger partial charge in [-0.05, 0) is 12.1 Å². The minimum Gasteiger partial charge on any atom is -0.390 e. The Hall–Kier alpha value is -1.27. The second kappa shape index (κ2) is 4.71. The van der Waals surface area contributed by atoms with E-state index in [1.807, 2.05) is 0 Å². The van der Waals surface area contributed by atoms with Crippen molar-refractivity contribution in [2.75, 3.05) is 0 Å². The Morgan fingerprint density at radius 2 is 2.25 bits per heavy atom. The number of aliphatic hydroxyl groups excluding tert-OH is 1. The smallest absolute Gasteiger partial charge is 0.129 e. The lowest BCUT2D eigenvalue weighted by Gasteiger charge is -2.02. The Bertz CT molecular complexity index is 501. The van der Waals surface area contributed by atoms with E-state index in [1.54, 1.807) is 18.3 Å². The van der Waals surface area contributed by atoms with Crippen LogP contribution >= 0.6 is 15.9 Å². The molecule has 6 heteroatoms. The first kappa shape index (κ1) is 11.2. The number of benzene rings is 1. The first-order chi connectivity index (χ1) is 7.69. The van der Waals surface area contributed by atoms with Crippen molar-refractivity contribution in [1.29, 1.82) is 0 Å². The molecule has 0 radical (unpaired) electrons. The van der Waals surface area contributed by atoms with Crippen LogP contribution in [0.3, 0.4) is 0 Å². The third-order valence-corrected chi connectivity index (χ3v) is 2.59. The van der Waals surface area contributed by atoms with Crippen molar-refractivity contribution in [3.63, 3.8) is 0 Å². The van der Waals surface area contributed by atoms with E-state index in [1.165, 1.54) is 10.7 Å². The van der Waals surface area contributed by atoms with Gasteiger partial charge < -0.3 is 5.11 Å². The second-order valence-electron chi connectivity index (χ2n) is 3.30.